The van der Waals surface area contributed by atoms with Gasteiger partial charge in [0.2, 0.25) is 0 Å². The van der Waals surface area contributed by atoms with E-state index in [0.717, 1.165) is 24.4 Å². The van der Waals surface area contributed by atoms with E-state index in [0.29, 0.717) is 18.9 Å². The number of aromatic nitrogens is 4. The van der Waals surface area contributed by atoms with Gasteiger partial charge in [0.05, 0.1) is 20.7 Å². The van der Waals surface area contributed by atoms with Crippen molar-refractivity contribution in [1.29, 1.82) is 0 Å². The summed E-state index contributed by atoms with van der Waals surface area (Å²) in [5.74, 6) is 1.51. The molecule has 20 heavy (non-hydrogen) atoms. The van der Waals surface area contributed by atoms with Crippen LogP contribution >= 0.6 is 0 Å². The van der Waals surface area contributed by atoms with Gasteiger partial charge in [-0.05, 0) is 30.3 Å². The zero-order chi connectivity index (χ0) is 14.4. The molecule has 0 aliphatic rings. The van der Waals surface area contributed by atoms with Gasteiger partial charge >= 0.3 is 0 Å². The fourth-order valence-corrected chi connectivity index (χ4v) is 1.95. The molecule has 1 heterocycles. The lowest BCUT2D eigenvalue weighted by atomic mass is 10.2. The van der Waals surface area contributed by atoms with E-state index >= 15 is 0 Å². The zero-order valence-corrected chi connectivity index (χ0v) is 11.9. The second kappa shape index (κ2) is 6.85. The minimum atomic E-state index is 0.598. The van der Waals surface area contributed by atoms with Crippen molar-refractivity contribution in [3.63, 3.8) is 0 Å². The highest BCUT2D eigenvalue weighted by Gasteiger charge is 2.11. The van der Waals surface area contributed by atoms with Crippen LogP contribution < -0.4 is 15.4 Å². The van der Waals surface area contributed by atoms with Crippen LogP contribution in [-0.4, -0.2) is 40.4 Å². The predicted octanol–water partition coefficient (Wildman–Crippen LogP) is 0.574. The molecule has 2 aromatic rings. The average molecular weight is 276 g/mol. The summed E-state index contributed by atoms with van der Waals surface area (Å²) >= 11 is 0. The number of benzene rings is 1. The summed E-state index contributed by atoms with van der Waals surface area (Å²) in [6, 6.07) is 7.92. The number of aryl methyl sites for hydroxylation is 1. The zero-order valence-electron chi connectivity index (χ0n) is 11.9. The molecule has 2 rings (SSSR count). The Bertz CT molecular complexity index is 541. The molecule has 0 atom stereocenters. The van der Waals surface area contributed by atoms with Crippen LogP contribution in [0.5, 0.6) is 5.75 Å². The summed E-state index contributed by atoms with van der Waals surface area (Å²) in [7, 11) is 3.42. The fourth-order valence-electron chi connectivity index (χ4n) is 1.95. The fraction of sp³-hybridized carbons (Fsp3) is 0.462. The molecule has 7 nitrogen and oxygen atoms in total. The monoisotopic (exact) mass is 276 g/mol. The van der Waals surface area contributed by atoms with Crippen molar-refractivity contribution >= 4 is 5.69 Å². The van der Waals surface area contributed by atoms with E-state index in [-0.39, 0.29) is 0 Å². The van der Waals surface area contributed by atoms with Crippen LogP contribution in [0.1, 0.15) is 12.2 Å². The SMILES string of the molecule is COc1cccc(N(CCCN)Cc2nnn(C)n2)c1. The van der Waals surface area contributed by atoms with Gasteiger partial charge in [-0.15, -0.1) is 10.2 Å². The maximum atomic E-state index is 5.61. The first kappa shape index (κ1) is 14.3. The van der Waals surface area contributed by atoms with Gasteiger partial charge in [0.25, 0.3) is 0 Å². The van der Waals surface area contributed by atoms with Crippen LogP contribution in [0.25, 0.3) is 0 Å². The van der Waals surface area contributed by atoms with E-state index in [4.69, 9.17) is 10.5 Å². The third kappa shape index (κ3) is 3.67. The molecule has 108 valence electrons. The largest absolute Gasteiger partial charge is 0.497 e. The Labute approximate surface area is 118 Å². The van der Waals surface area contributed by atoms with Crippen molar-refractivity contribution in [1.82, 2.24) is 20.2 Å². The first-order chi connectivity index (χ1) is 9.72. The van der Waals surface area contributed by atoms with Crippen LogP contribution in [0.3, 0.4) is 0 Å². The predicted molar refractivity (Wildman–Crippen MR) is 76.5 cm³/mol. The molecular weight excluding hydrogens is 256 g/mol. The molecule has 7 heteroatoms. The van der Waals surface area contributed by atoms with Gasteiger partial charge < -0.3 is 15.4 Å². The summed E-state index contributed by atoms with van der Waals surface area (Å²) in [6.07, 6.45) is 0.900. The summed E-state index contributed by atoms with van der Waals surface area (Å²) in [4.78, 5) is 3.63. The van der Waals surface area contributed by atoms with Gasteiger partial charge in [-0.2, -0.15) is 4.80 Å². The summed E-state index contributed by atoms with van der Waals surface area (Å²) in [5.41, 5.74) is 6.67. The number of rotatable bonds is 7. The van der Waals surface area contributed by atoms with Crippen LogP contribution in [0.2, 0.25) is 0 Å². The van der Waals surface area contributed by atoms with Gasteiger partial charge in [0.15, 0.2) is 5.82 Å². The van der Waals surface area contributed by atoms with Crippen molar-refractivity contribution in [2.45, 2.75) is 13.0 Å². The standard InChI is InChI=1S/C13H20N6O/c1-18-16-13(15-17-18)10-19(8-4-7-14)11-5-3-6-12(9-11)20-2/h3,5-6,9H,4,7-8,10,14H2,1-2H3. The van der Waals surface area contributed by atoms with Gasteiger partial charge in [-0.25, -0.2) is 0 Å². The second-order valence-corrected chi connectivity index (χ2v) is 4.46. The van der Waals surface area contributed by atoms with Crippen molar-refractivity contribution in [3.8, 4) is 5.75 Å². The van der Waals surface area contributed by atoms with Crippen LogP contribution in [-0.2, 0) is 13.6 Å². The molecule has 0 radical (unpaired) electrons. The number of ether oxygens (including phenoxy) is 1. The number of nitrogens with zero attached hydrogens (tertiary/aromatic N) is 5. The lowest BCUT2D eigenvalue weighted by Crippen LogP contribution is -2.26. The molecule has 0 unspecified atom stereocenters. The number of anilines is 1. The molecule has 1 aromatic heterocycles. The maximum Gasteiger partial charge on any atom is 0.193 e. The van der Waals surface area contributed by atoms with Gasteiger partial charge in [-0.1, -0.05) is 6.07 Å². The highest BCUT2D eigenvalue weighted by molar-refractivity contribution is 5.50. The molecular formula is C13H20N6O. The van der Waals surface area contributed by atoms with Crippen molar-refractivity contribution in [3.05, 3.63) is 30.1 Å². The van der Waals surface area contributed by atoms with Gasteiger partial charge in [0, 0.05) is 18.3 Å². The van der Waals surface area contributed by atoms with Crippen molar-refractivity contribution in [2.24, 2.45) is 12.8 Å². The quantitative estimate of drug-likeness (QED) is 0.796. The molecule has 0 amide bonds. The van der Waals surface area contributed by atoms with Gasteiger partial charge in [0.1, 0.15) is 5.75 Å². The van der Waals surface area contributed by atoms with E-state index in [1.807, 2.05) is 24.3 Å². The summed E-state index contributed by atoms with van der Waals surface area (Å²) in [6.45, 7) is 2.08. The van der Waals surface area contributed by atoms with Crippen molar-refractivity contribution in [2.75, 3.05) is 25.1 Å². The first-order valence-corrected chi connectivity index (χ1v) is 6.55. The minimum absolute atomic E-state index is 0.598. The molecule has 0 aliphatic carbocycles. The van der Waals surface area contributed by atoms with E-state index in [2.05, 4.69) is 20.3 Å². The Hall–Kier alpha value is -2.15. The molecule has 0 saturated heterocycles. The lowest BCUT2D eigenvalue weighted by molar-refractivity contribution is 0.414. The molecule has 0 aliphatic heterocycles. The first-order valence-electron chi connectivity index (χ1n) is 6.55. The molecule has 1 aromatic carbocycles. The smallest absolute Gasteiger partial charge is 0.193 e. The highest BCUT2D eigenvalue weighted by Crippen LogP contribution is 2.22. The Morgan fingerprint density at radius 2 is 2.25 bits per heavy atom. The van der Waals surface area contributed by atoms with E-state index < -0.39 is 0 Å². The molecule has 0 bridgehead atoms. The Morgan fingerprint density at radius 3 is 2.90 bits per heavy atom. The van der Waals surface area contributed by atoms with Crippen LogP contribution in [0, 0.1) is 0 Å². The molecule has 2 N–H and O–H groups in total. The summed E-state index contributed by atoms with van der Waals surface area (Å²) in [5, 5.41) is 12.1. The van der Waals surface area contributed by atoms with E-state index in [1.54, 1.807) is 14.2 Å². The lowest BCUT2D eigenvalue weighted by Gasteiger charge is -2.23. The molecule has 0 spiro atoms. The molecule has 0 saturated carbocycles. The molecule has 0 fully saturated rings. The third-order valence-corrected chi connectivity index (χ3v) is 2.93. The summed E-state index contributed by atoms with van der Waals surface area (Å²) < 4.78 is 5.26. The Morgan fingerprint density at radius 1 is 1.40 bits per heavy atom. The number of tetrazole rings is 1. The highest BCUT2D eigenvalue weighted by atomic mass is 16.5. The minimum Gasteiger partial charge on any atom is -0.497 e. The number of nitrogens with two attached hydrogens (primary N) is 1. The normalized spacial score (nSPS) is 10.6. The maximum absolute atomic E-state index is 5.61. The second-order valence-electron chi connectivity index (χ2n) is 4.46. The average Bonchev–Trinajstić information content (AvgIpc) is 2.88. The van der Waals surface area contributed by atoms with Gasteiger partial charge in [-0.3, -0.25) is 0 Å². The van der Waals surface area contributed by atoms with E-state index in [9.17, 15) is 0 Å². The topological polar surface area (TPSA) is 82.1 Å². The number of methoxy groups -OCH3 is 1. The van der Waals surface area contributed by atoms with Crippen LogP contribution in [0.15, 0.2) is 24.3 Å². The Kier molecular flexibility index (Phi) is 4.89. The number of hydrogen-bond acceptors (Lipinski definition) is 6. The number of hydrogen-bond donors (Lipinski definition) is 1. The van der Waals surface area contributed by atoms with Crippen LogP contribution in [0.4, 0.5) is 5.69 Å². The Balaban J connectivity index is 2.17. The third-order valence-electron chi connectivity index (χ3n) is 2.93. The van der Waals surface area contributed by atoms with Crippen molar-refractivity contribution < 1.29 is 4.74 Å². The van der Waals surface area contributed by atoms with E-state index in [1.165, 1.54) is 4.80 Å².